The van der Waals surface area contributed by atoms with Crippen LogP contribution in [0.1, 0.15) is 35.6 Å². The summed E-state index contributed by atoms with van der Waals surface area (Å²) in [6.07, 6.45) is 2.70. The largest absolute Gasteiger partial charge is 0.459 e. The maximum atomic E-state index is 12.2. The first-order valence-electron chi connectivity index (χ1n) is 8.11. The molecular weight excluding hydrogens is 286 g/mol. The topological polar surface area (TPSA) is 42.2 Å². The van der Waals surface area contributed by atoms with Crippen LogP contribution < -0.4 is 5.32 Å². The third-order valence-corrected chi connectivity index (χ3v) is 4.63. The molecule has 0 bridgehead atoms. The first-order chi connectivity index (χ1) is 11.3. The fourth-order valence-corrected chi connectivity index (χ4v) is 3.46. The molecule has 1 aliphatic carbocycles. The summed E-state index contributed by atoms with van der Waals surface area (Å²) in [5.41, 5.74) is 3.59. The number of rotatable bonds is 4. The number of aryl methyl sites for hydroxylation is 1. The van der Waals surface area contributed by atoms with Crippen molar-refractivity contribution in [2.24, 2.45) is 0 Å². The minimum absolute atomic E-state index is 0.0900. The van der Waals surface area contributed by atoms with Gasteiger partial charge in [-0.15, -0.1) is 0 Å². The van der Waals surface area contributed by atoms with Gasteiger partial charge in [-0.3, -0.25) is 4.79 Å². The Bertz CT molecular complexity index is 816. The molecule has 1 amide bonds. The van der Waals surface area contributed by atoms with Crippen molar-refractivity contribution in [3.05, 3.63) is 71.5 Å². The van der Waals surface area contributed by atoms with Gasteiger partial charge in [-0.2, -0.15) is 0 Å². The molecule has 0 fully saturated rings. The molecule has 1 aliphatic rings. The van der Waals surface area contributed by atoms with Gasteiger partial charge in [-0.1, -0.05) is 42.5 Å². The van der Waals surface area contributed by atoms with Crippen LogP contribution >= 0.6 is 0 Å². The summed E-state index contributed by atoms with van der Waals surface area (Å²) in [5, 5.41) is 4.06. The first kappa shape index (κ1) is 14.1. The quantitative estimate of drug-likeness (QED) is 0.786. The molecule has 3 heteroatoms. The average molecular weight is 305 g/mol. The van der Waals surface area contributed by atoms with Crippen molar-refractivity contribution in [1.29, 1.82) is 0 Å². The van der Waals surface area contributed by atoms with Gasteiger partial charge >= 0.3 is 0 Å². The van der Waals surface area contributed by atoms with Crippen LogP contribution in [0.4, 0.5) is 0 Å². The Labute approximate surface area is 135 Å². The fourth-order valence-electron chi connectivity index (χ4n) is 3.46. The molecule has 1 atom stereocenters. The standard InChI is InChI=1S/C20H19NO2/c22-20(12-15-10-9-14-5-1-3-7-18(14)15)21-13-17-11-16-6-2-4-8-19(16)23-17/h1-8,11,15H,9-10,12-13H2,(H,21,22). The lowest BCUT2D eigenvalue weighted by molar-refractivity contribution is -0.121. The highest BCUT2D eigenvalue weighted by Gasteiger charge is 2.24. The van der Waals surface area contributed by atoms with Crippen LogP contribution in [-0.4, -0.2) is 5.91 Å². The molecule has 3 nitrogen and oxygen atoms in total. The normalized spacial score (nSPS) is 16.4. The minimum atomic E-state index is 0.0900. The SMILES string of the molecule is O=C(CC1CCc2ccccc21)NCc1cc2ccccc2o1. The molecule has 1 unspecified atom stereocenters. The third kappa shape index (κ3) is 2.87. The molecule has 0 aliphatic heterocycles. The van der Waals surface area contributed by atoms with E-state index >= 15 is 0 Å². The molecule has 1 heterocycles. The summed E-state index contributed by atoms with van der Waals surface area (Å²) < 4.78 is 5.73. The van der Waals surface area contributed by atoms with E-state index in [0.717, 1.165) is 29.6 Å². The zero-order valence-electron chi connectivity index (χ0n) is 12.9. The number of carbonyl (C=O) groups excluding carboxylic acids is 1. The Morgan fingerprint density at radius 1 is 1.13 bits per heavy atom. The highest BCUT2D eigenvalue weighted by molar-refractivity contribution is 5.79. The molecule has 2 aromatic carbocycles. The number of fused-ring (bicyclic) bond motifs is 2. The van der Waals surface area contributed by atoms with Gasteiger partial charge in [0.25, 0.3) is 0 Å². The zero-order valence-corrected chi connectivity index (χ0v) is 12.9. The van der Waals surface area contributed by atoms with Crippen molar-refractivity contribution in [2.75, 3.05) is 0 Å². The molecule has 1 aromatic heterocycles. The minimum Gasteiger partial charge on any atom is -0.459 e. The van der Waals surface area contributed by atoms with E-state index in [-0.39, 0.29) is 5.91 Å². The number of carbonyl (C=O) groups is 1. The van der Waals surface area contributed by atoms with Crippen LogP contribution in [0.2, 0.25) is 0 Å². The van der Waals surface area contributed by atoms with Crippen LogP contribution in [0.15, 0.2) is 59.0 Å². The number of hydrogen-bond acceptors (Lipinski definition) is 2. The van der Waals surface area contributed by atoms with E-state index in [1.165, 1.54) is 11.1 Å². The van der Waals surface area contributed by atoms with Crippen LogP contribution in [0, 0.1) is 0 Å². The lowest BCUT2D eigenvalue weighted by atomic mass is 9.97. The highest BCUT2D eigenvalue weighted by atomic mass is 16.3. The molecular formula is C20H19NO2. The summed E-state index contributed by atoms with van der Waals surface area (Å²) in [4.78, 5) is 12.2. The first-order valence-corrected chi connectivity index (χ1v) is 8.11. The van der Waals surface area contributed by atoms with Crippen LogP contribution in [0.25, 0.3) is 11.0 Å². The van der Waals surface area contributed by atoms with Gasteiger partial charge in [0, 0.05) is 11.8 Å². The molecule has 0 saturated heterocycles. The van der Waals surface area contributed by atoms with Crippen LogP contribution in [0.5, 0.6) is 0 Å². The van der Waals surface area contributed by atoms with Gasteiger partial charge in [0.1, 0.15) is 11.3 Å². The zero-order chi connectivity index (χ0) is 15.6. The molecule has 4 rings (SSSR count). The number of hydrogen-bond donors (Lipinski definition) is 1. The van der Waals surface area contributed by atoms with E-state index in [1.807, 2.05) is 30.3 Å². The number of nitrogens with one attached hydrogen (secondary N) is 1. The Kier molecular flexibility index (Phi) is 3.62. The maximum Gasteiger partial charge on any atom is 0.220 e. The number of amides is 1. The summed E-state index contributed by atoms with van der Waals surface area (Å²) in [6.45, 7) is 0.446. The van der Waals surface area contributed by atoms with Gasteiger partial charge in [-0.25, -0.2) is 0 Å². The summed E-state index contributed by atoms with van der Waals surface area (Å²) in [7, 11) is 0. The van der Waals surface area contributed by atoms with Crippen molar-refractivity contribution < 1.29 is 9.21 Å². The number of benzene rings is 2. The van der Waals surface area contributed by atoms with E-state index in [4.69, 9.17) is 4.42 Å². The van der Waals surface area contributed by atoms with E-state index in [9.17, 15) is 4.79 Å². The maximum absolute atomic E-state index is 12.2. The van der Waals surface area contributed by atoms with Crippen LogP contribution in [0.3, 0.4) is 0 Å². The molecule has 0 spiro atoms. The Morgan fingerprint density at radius 3 is 2.87 bits per heavy atom. The van der Waals surface area contributed by atoms with Crippen molar-refractivity contribution in [2.45, 2.75) is 31.7 Å². The lowest BCUT2D eigenvalue weighted by Crippen LogP contribution is -2.23. The van der Waals surface area contributed by atoms with E-state index in [0.29, 0.717) is 18.9 Å². The van der Waals surface area contributed by atoms with Crippen molar-refractivity contribution in [3.63, 3.8) is 0 Å². The second-order valence-electron chi connectivity index (χ2n) is 6.17. The Balaban J connectivity index is 1.37. The highest BCUT2D eigenvalue weighted by Crippen LogP contribution is 2.35. The van der Waals surface area contributed by atoms with Crippen molar-refractivity contribution in [3.8, 4) is 0 Å². The number of para-hydroxylation sites is 1. The van der Waals surface area contributed by atoms with E-state index in [1.54, 1.807) is 0 Å². The predicted octanol–water partition coefficient (Wildman–Crippen LogP) is 4.17. The van der Waals surface area contributed by atoms with E-state index < -0.39 is 0 Å². The summed E-state index contributed by atoms with van der Waals surface area (Å²) in [6, 6.07) is 18.3. The second-order valence-corrected chi connectivity index (χ2v) is 6.17. The van der Waals surface area contributed by atoms with Gasteiger partial charge in [0.2, 0.25) is 5.91 Å². The van der Waals surface area contributed by atoms with Crippen LogP contribution in [-0.2, 0) is 17.8 Å². The van der Waals surface area contributed by atoms with Crippen molar-refractivity contribution >= 4 is 16.9 Å². The smallest absolute Gasteiger partial charge is 0.220 e. The Morgan fingerprint density at radius 2 is 1.96 bits per heavy atom. The van der Waals surface area contributed by atoms with E-state index in [2.05, 4.69) is 29.6 Å². The molecule has 1 N–H and O–H groups in total. The van der Waals surface area contributed by atoms with Gasteiger partial charge < -0.3 is 9.73 Å². The fraction of sp³-hybridized carbons (Fsp3) is 0.250. The monoisotopic (exact) mass is 305 g/mol. The van der Waals surface area contributed by atoms with Crippen molar-refractivity contribution in [1.82, 2.24) is 5.32 Å². The van der Waals surface area contributed by atoms with Gasteiger partial charge in [0.05, 0.1) is 6.54 Å². The van der Waals surface area contributed by atoms with Gasteiger partial charge in [-0.05, 0) is 42.0 Å². The second kappa shape index (κ2) is 5.92. The molecule has 116 valence electrons. The predicted molar refractivity (Wildman–Crippen MR) is 90.2 cm³/mol. The Hall–Kier alpha value is -2.55. The summed E-state index contributed by atoms with van der Waals surface area (Å²) >= 11 is 0. The summed E-state index contributed by atoms with van der Waals surface area (Å²) in [5.74, 6) is 1.24. The molecule has 23 heavy (non-hydrogen) atoms. The molecule has 0 radical (unpaired) electrons. The average Bonchev–Trinajstić information content (AvgIpc) is 3.17. The third-order valence-electron chi connectivity index (χ3n) is 4.63. The number of furan rings is 1. The van der Waals surface area contributed by atoms with Gasteiger partial charge in [0.15, 0.2) is 0 Å². The molecule has 0 saturated carbocycles. The lowest BCUT2D eigenvalue weighted by Gasteiger charge is -2.11. The molecule has 3 aromatic rings.